The van der Waals surface area contributed by atoms with Crippen molar-refractivity contribution in [3.8, 4) is 5.75 Å². The molecule has 26 heavy (non-hydrogen) atoms. The first-order valence-corrected chi connectivity index (χ1v) is 7.34. The summed E-state index contributed by atoms with van der Waals surface area (Å²) in [6.07, 6.45) is -3.60. The molecular weight excluding hydrogens is 383 g/mol. The van der Waals surface area contributed by atoms with Crippen LogP contribution in [0.5, 0.6) is 5.75 Å². The topological polar surface area (TPSA) is 54.1 Å². The predicted molar refractivity (Wildman–Crippen MR) is 84.3 cm³/mol. The second-order valence-corrected chi connectivity index (χ2v) is 5.57. The zero-order valence-electron chi connectivity index (χ0n) is 12.5. The normalized spacial score (nSPS) is 11.6. The van der Waals surface area contributed by atoms with E-state index in [1.807, 2.05) is 0 Å². The Hall–Kier alpha value is -2.81. The number of carbonyl (C=O) groups is 1. The molecule has 3 rings (SSSR count). The van der Waals surface area contributed by atoms with Gasteiger partial charge in [0.25, 0.3) is 5.91 Å². The van der Waals surface area contributed by atoms with Gasteiger partial charge in [0, 0.05) is 23.2 Å². The number of fused-ring (bicyclic) bond motifs is 1. The maximum atomic E-state index is 13.4. The highest BCUT2D eigenvalue weighted by atomic mass is 35.5. The van der Waals surface area contributed by atoms with Crippen LogP contribution >= 0.6 is 11.6 Å². The molecule has 1 heterocycles. The van der Waals surface area contributed by atoms with E-state index >= 15 is 0 Å². The molecule has 0 saturated carbocycles. The summed E-state index contributed by atoms with van der Waals surface area (Å²) in [5.41, 5.74) is 0.364. The minimum Gasteiger partial charge on any atom is -0.404 e. The summed E-state index contributed by atoms with van der Waals surface area (Å²) in [6, 6.07) is 4.81. The number of carbonyl (C=O) groups excluding carboxylic acids is 1. The number of halogens is 6. The van der Waals surface area contributed by atoms with Crippen molar-refractivity contribution in [2.75, 3.05) is 5.32 Å². The first-order chi connectivity index (χ1) is 12.1. The van der Waals surface area contributed by atoms with Crippen LogP contribution in [0, 0.1) is 11.6 Å². The zero-order valence-corrected chi connectivity index (χ0v) is 13.3. The molecule has 0 bridgehead atoms. The molecule has 0 aliphatic heterocycles. The van der Waals surface area contributed by atoms with Crippen LogP contribution in [0.15, 0.2) is 36.5 Å². The van der Waals surface area contributed by atoms with E-state index in [4.69, 9.17) is 11.6 Å². The number of alkyl halides is 3. The van der Waals surface area contributed by atoms with E-state index in [1.165, 1.54) is 6.20 Å². The quantitative estimate of drug-likeness (QED) is 0.600. The van der Waals surface area contributed by atoms with Crippen molar-refractivity contribution >= 4 is 34.1 Å². The molecule has 1 amide bonds. The van der Waals surface area contributed by atoms with Crippen molar-refractivity contribution in [1.29, 1.82) is 0 Å². The summed E-state index contributed by atoms with van der Waals surface area (Å²) < 4.78 is 66.9. The fourth-order valence-electron chi connectivity index (χ4n) is 2.26. The first kappa shape index (κ1) is 18.0. The van der Waals surface area contributed by atoms with Crippen LogP contribution in [0.4, 0.5) is 27.6 Å². The highest BCUT2D eigenvalue weighted by Crippen LogP contribution is 2.31. The minimum atomic E-state index is -4.92. The molecule has 0 unspecified atom stereocenters. The molecule has 0 atom stereocenters. The second kappa shape index (κ2) is 6.49. The van der Waals surface area contributed by atoms with Gasteiger partial charge in [0.2, 0.25) is 0 Å². The van der Waals surface area contributed by atoms with Gasteiger partial charge in [-0.2, -0.15) is 0 Å². The summed E-state index contributed by atoms with van der Waals surface area (Å²) in [7, 11) is 0. The smallest absolute Gasteiger partial charge is 0.404 e. The van der Waals surface area contributed by atoms with Gasteiger partial charge in [0.05, 0.1) is 16.2 Å². The lowest BCUT2D eigenvalue weighted by molar-refractivity contribution is -0.274. The molecular formula is C16H8ClF5N2O2. The van der Waals surface area contributed by atoms with E-state index in [0.29, 0.717) is 0 Å². The number of H-pyrrole nitrogens is 1. The molecule has 0 fully saturated rings. The standard InChI is InChI=1S/C16H8ClF5N2O2/c17-9-3-7(1-2-14(9)26-16(20,21)22)15(25)24-13-6-23-12-5-11(19)10(18)4-8(12)13/h1-6,23H,(H,24,25). The van der Waals surface area contributed by atoms with E-state index in [9.17, 15) is 26.7 Å². The summed E-state index contributed by atoms with van der Waals surface area (Å²) in [4.78, 5) is 14.9. The number of benzene rings is 2. The van der Waals surface area contributed by atoms with Crippen molar-refractivity contribution in [3.05, 3.63) is 58.7 Å². The predicted octanol–water partition coefficient (Wildman–Crippen LogP) is 5.25. The Morgan fingerprint density at radius 1 is 1.12 bits per heavy atom. The number of aromatic amines is 1. The number of rotatable bonds is 3. The lowest BCUT2D eigenvalue weighted by Gasteiger charge is -2.11. The molecule has 136 valence electrons. The van der Waals surface area contributed by atoms with E-state index in [1.54, 1.807) is 0 Å². The van der Waals surface area contributed by atoms with Gasteiger partial charge in [0.15, 0.2) is 11.6 Å². The van der Waals surface area contributed by atoms with Crippen molar-refractivity contribution in [3.63, 3.8) is 0 Å². The lowest BCUT2D eigenvalue weighted by atomic mass is 10.2. The molecule has 0 saturated heterocycles. The van der Waals surface area contributed by atoms with Crippen molar-refractivity contribution in [1.82, 2.24) is 4.98 Å². The van der Waals surface area contributed by atoms with Crippen LogP contribution in [0.2, 0.25) is 5.02 Å². The second-order valence-electron chi connectivity index (χ2n) is 5.16. The highest BCUT2D eigenvalue weighted by Gasteiger charge is 2.32. The molecule has 0 spiro atoms. The molecule has 2 aromatic carbocycles. The number of hydrogen-bond donors (Lipinski definition) is 2. The van der Waals surface area contributed by atoms with E-state index in [0.717, 1.165) is 30.3 Å². The zero-order chi connectivity index (χ0) is 19.1. The van der Waals surface area contributed by atoms with Crippen molar-refractivity contribution < 1.29 is 31.5 Å². The largest absolute Gasteiger partial charge is 0.573 e. The Balaban J connectivity index is 1.84. The average molecular weight is 391 g/mol. The Kier molecular flexibility index (Phi) is 4.49. The van der Waals surface area contributed by atoms with Crippen molar-refractivity contribution in [2.45, 2.75) is 6.36 Å². The third kappa shape index (κ3) is 3.72. The number of ether oxygens (including phenoxy) is 1. The Morgan fingerprint density at radius 2 is 1.81 bits per heavy atom. The van der Waals surface area contributed by atoms with Crippen molar-refractivity contribution in [2.24, 2.45) is 0 Å². The Labute approximate surface area is 147 Å². The van der Waals surface area contributed by atoms with Gasteiger partial charge in [-0.3, -0.25) is 4.79 Å². The molecule has 0 radical (unpaired) electrons. The molecule has 4 nitrogen and oxygen atoms in total. The van der Waals surface area contributed by atoms with Crippen LogP contribution in [0.25, 0.3) is 10.9 Å². The number of amides is 1. The molecule has 0 aliphatic carbocycles. The van der Waals surface area contributed by atoms with Gasteiger partial charge in [0.1, 0.15) is 5.75 Å². The number of hydrogen-bond acceptors (Lipinski definition) is 2. The van der Waals surface area contributed by atoms with Crippen LogP contribution < -0.4 is 10.1 Å². The first-order valence-electron chi connectivity index (χ1n) is 6.97. The van der Waals surface area contributed by atoms with Gasteiger partial charge in [-0.25, -0.2) is 8.78 Å². The van der Waals surface area contributed by atoms with Gasteiger partial charge in [-0.05, 0) is 24.3 Å². The fourth-order valence-corrected chi connectivity index (χ4v) is 2.48. The summed E-state index contributed by atoms with van der Waals surface area (Å²) >= 11 is 5.69. The molecule has 10 heteroatoms. The average Bonchev–Trinajstić information content (AvgIpc) is 2.90. The van der Waals surface area contributed by atoms with Gasteiger partial charge < -0.3 is 15.0 Å². The van der Waals surface area contributed by atoms with Gasteiger partial charge >= 0.3 is 6.36 Å². The monoisotopic (exact) mass is 390 g/mol. The Morgan fingerprint density at radius 3 is 2.46 bits per heavy atom. The minimum absolute atomic E-state index is 0.0542. The summed E-state index contributed by atoms with van der Waals surface area (Å²) in [5, 5.41) is 2.25. The van der Waals surface area contributed by atoms with Gasteiger partial charge in [-0.1, -0.05) is 11.6 Å². The third-order valence-electron chi connectivity index (χ3n) is 3.39. The fraction of sp³-hybridized carbons (Fsp3) is 0.0625. The van der Waals surface area contributed by atoms with E-state index in [-0.39, 0.29) is 22.2 Å². The van der Waals surface area contributed by atoms with Crippen LogP contribution in [0.1, 0.15) is 10.4 Å². The van der Waals surface area contributed by atoms with Crippen LogP contribution in [0.3, 0.4) is 0 Å². The summed E-state index contributed by atoms with van der Waals surface area (Å²) in [5.74, 6) is -3.51. The molecule has 1 aromatic heterocycles. The van der Waals surface area contributed by atoms with E-state index < -0.39 is 34.7 Å². The maximum absolute atomic E-state index is 13.4. The molecule has 0 aliphatic rings. The summed E-state index contributed by atoms with van der Waals surface area (Å²) in [6.45, 7) is 0. The SMILES string of the molecule is O=C(Nc1c[nH]c2cc(F)c(F)cc12)c1ccc(OC(F)(F)F)c(Cl)c1. The Bertz CT molecular complexity index is 1000. The lowest BCUT2D eigenvalue weighted by Crippen LogP contribution is -2.18. The molecule has 3 aromatic rings. The van der Waals surface area contributed by atoms with Crippen LogP contribution in [-0.2, 0) is 0 Å². The van der Waals surface area contributed by atoms with Gasteiger partial charge in [-0.15, -0.1) is 13.2 Å². The van der Waals surface area contributed by atoms with Crippen LogP contribution in [-0.4, -0.2) is 17.3 Å². The molecule has 2 N–H and O–H groups in total. The number of nitrogens with one attached hydrogen (secondary N) is 2. The number of anilines is 1. The third-order valence-corrected chi connectivity index (χ3v) is 3.69. The number of aromatic nitrogens is 1. The van der Waals surface area contributed by atoms with E-state index in [2.05, 4.69) is 15.0 Å². The maximum Gasteiger partial charge on any atom is 0.573 e. The highest BCUT2D eigenvalue weighted by molar-refractivity contribution is 6.32.